The number of nitrogens with zero attached hydrogens (tertiary/aromatic N) is 1. The van der Waals surface area contributed by atoms with Crippen molar-refractivity contribution in [2.75, 3.05) is 4.90 Å². The zero-order chi connectivity index (χ0) is 22.6. The molecule has 0 atom stereocenters. The van der Waals surface area contributed by atoms with Crippen LogP contribution in [0, 0.1) is 0 Å². The molecule has 10 heteroatoms. The normalized spacial score (nSPS) is 10.8. The van der Waals surface area contributed by atoms with Crippen molar-refractivity contribution in [3.8, 4) is 16.9 Å². The van der Waals surface area contributed by atoms with Crippen molar-refractivity contribution in [1.82, 2.24) is 0 Å². The first-order valence-electron chi connectivity index (χ1n) is 8.88. The number of hydrogen-bond acceptors (Lipinski definition) is 3. The van der Waals surface area contributed by atoms with Gasteiger partial charge in [-0.05, 0) is 53.1 Å². The molecule has 0 saturated carbocycles. The molecule has 0 spiro atoms. The first-order chi connectivity index (χ1) is 14.6. The zero-order valence-corrected chi connectivity index (χ0v) is 16.5. The summed E-state index contributed by atoms with van der Waals surface area (Å²) in [7, 11) is 0. The van der Waals surface area contributed by atoms with Crippen molar-refractivity contribution >= 4 is 58.7 Å². The Balaban J connectivity index is 0.00000363. The van der Waals surface area contributed by atoms with E-state index in [1.807, 2.05) is 0 Å². The van der Waals surface area contributed by atoms with E-state index in [9.17, 15) is 27.9 Å². The minimum atomic E-state index is -4.77. The number of carbonyl (C=O) groups is 2. The molecular formula is C22H16ClF3NNaO4. The Kier molecular flexibility index (Phi) is 8.74. The maximum absolute atomic E-state index is 12.3. The summed E-state index contributed by atoms with van der Waals surface area (Å²) in [6, 6.07) is 18.3. The number of anilines is 1. The van der Waals surface area contributed by atoms with Gasteiger partial charge in [-0.3, -0.25) is 9.69 Å². The van der Waals surface area contributed by atoms with Gasteiger partial charge in [0.25, 0.3) is 0 Å². The Morgan fingerprint density at radius 3 is 1.84 bits per heavy atom. The Morgan fingerprint density at radius 1 is 0.875 bits per heavy atom. The van der Waals surface area contributed by atoms with Crippen molar-refractivity contribution < 1.29 is 32.6 Å². The summed E-state index contributed by atoms with van der Waals surface area (Å²) in [4.78, 5) is 24.6. The van der Waals surface area contributed by atoms with Gasteiger partial charge < -0.3 is 9.84 Å². The molecule has 0 heterocycles. The number of hydrogen-bond donors (Lipinski definition) is 1. The van der Waals surface area contributed by atoms with Crippen molar-refractivity contribution in [3.63, 3.8) is 0 Å². The number of benzene rings is 3. The number of carboxylic acid groups (broad SMARTS) is 1. The molecular weight excluding hydrogens is 458 g/mol. The van der Waals surface area contributed by atoms with Gasteiger partial charge in [0.1, 0.15) is 5.75 Å². The number of alkyl halides is 3. The van der Waals surface area contributed by atoms with Crippen molar-refractivity contribution in [2.45, 2.75) is 12.9 Å². The Labute approximate surface area is 208 Å². The number of rotatable bonds is 5. The van der Waals surface area contributed by atoms with Crippen LogP contribution in [0.25, 0.3) is 11.1 Å². The van der Waals surface area contributed by atoms with Crippen LogP contribution in [0.15, 0.2) is 72.8 Å². The molecule has 1 amide bonds. The number of amides is 1. The minimum absolute atomic E-state index is 0. The van der Waals surface area contributed by atoms with E-state index >= 15 is 0 Å². The van der Waals surface area contributed by atoms with E-state index in [1.165, 1.54) is 24.3 Å². The zero-order valence-electron chi connectivity index (χ0n) is 15.8. The van der Waals surface area contributed by atoms with Gasteiger partial charge in [0, 0.05) is 10.7 Å². The molecule has 1 N–H and O–H groups in total. The predicted octanol–water partition coefficient (Wildman–Crippen LogP) is 4.87. The van der Waals surface area contributed by atoms with Gasteiger partial charge in [0.15, 0.2) is 0 Å². The number of carboxylic acids is 1. The summed E-state index contributed by atoms with van der Waals surface area (Å²) in [5, 5.41) is 9.68. The van der Waals surface area contributed by atoms with E-state index in [-0.39, 0.29) is 41.9 Å². The molecule has 3 rings (SSSR count). The number of ether oxygens (including phenoxy) is 1. The maximum atomic E-state index is 12.3. The topological polar surface area (TPSA) is 66.8 Å². The summed E-state index contributed by atoms with van der Waals surface area (Å²) in [5.41, 5.74) is 2.32. The number of halogens is 4. The summed E-state index contributed by atoms with van der Waals surface area (Å²) in [5.74, 6) is -3.04. The Hall–Kier alpha value is -2.52. The Bertz CT molecular complexity index is 1070. The molecule has 5 nitrogen and oxygen atoms in total. The summed E-state index contributed by atoms with van der Waals surface area (Å²) < 4.78 is 40.7. The number of aliphatic carboxylic acids is 1. The van der Waals surface area contributed by atoms with Crippen LogP contribution in [-0.4, -0.2) is 52.9 Å². The molecule has 0 fully saturated rings. The van der Waals surface area contributed by atoms with Crippen molar-refractivity contribution in [1.29, 1.82) is 0 Å². The van der Waals surface area contributed by atoms with Gasteiger partial charge in [-0.15, -0.1) is 13.2 Å². The molecule has 3 aromatic rings. The molecule has 0 unspecified atom stereocenters. The van der Waals surface area contributed by atoms with Crippen LogP contribution in [-0.2, 0) is 16.1 Å². The average molecular weight is 474 g/mol. The molecule has 32 heavy (non-hydrogen) atoms. The third-order valence-electron chi connectivity index (χ3n) is 4.28. The van der Waals surface area contributed by atoms with Gasteiger partial charge in [0.05, 0.1) is 6.54 Å². The second-order valence-electron chi connectivity index (χ2n) is 6.44. The van der Waals surface area contributed by atoms with Gasteiger partial charge >= 0.3 is 47.8 Å². The molecule has 3 aromatic carbocycles. The van der Waals surface area contributed by atoms with Crippen LogP contribution < -0.4 is 9.64 Å². The molecule has 0 radical (unpaired) electrons. The van der Waals surface area contributed by atoms with E-state index in [0.29, 0.717) is 27.4 Å². The van der Waals surface area contributed by atoms with E-state index in [2.05, 4.69) is 4.74 Å². The van der Waals surface area contributed by atoms with Crippen molar-refractivity contribution in [3.05, 3.63) is 83.4 Å². The van der Waals surface area contributed by atoms with Crippen LogP contribution >= 0.6 is 11.6 Å². The quantitative estimate of drug-likeness (QED) is 0.424. The fraction of sp³-hybridized carbons (Fsp3) is 0.0909. The molecule has 0 aromatic heterocycles. The third-order valence-corrected chi connectivity index (χ3v) is 4.53. The van der Waals surface area contributed by atoms with Gasteiger partial charge in [0.2, 0.25) is 0 Å². The first kappa shape index (κ1) is 25.7. The van der Waals surface area contributed by atoms with E-state index in [4.69, 9.17) is 11.6 Å². The summed E-state index contributed by atoms with van der Waals surface area (Å²) in [6.45, 7) is 0.0190. The van der Waals surface area contributed by atoms with Crippen LogP contribution in [0.2, 0.25) is 5.02 Å². The van der Waals surface area contributed by atoms with E-state index in [0.717, 1.165) is 4.90 Å². The Morgan fingerprint density at radius 2 is 1.38 bits per heavy atom. The van der Waals surface area contributed by atoms with Gasteiger partial charge in [-0.25, -0.2) is 4.79 Å². The van der Waals surface area contributed by atoms with Gasteiger partial charge in [-0.2, -0.15) is 0 Å². The fourth-order valence-electron chi connectivity index (χ4n) is 2.85. The third kappa shape index (κ3) is 7.00. The summed E-state index contributed by atoms with van der Waals surface area (Å²) >= 11 is 5.86. The van der Waals surface area contributed by atoms with Crippen molar-refractivity contribution in [2.24, 2.45) is 0 Å². The average Bonchev–Trinajstić information content (AvgIpc) is 2.72. The monoisotopic (exact) mass is 473 g/mol. The van der Waals surface area contributed by atoms with E-state index < -0.39 is 18.2 Å². The first-order valence-corrected chi connectivity index (χ1v) is 9.26. The number of carbonyl (C=O) groups excluding carboxylic acids is 1. The molecule has 0 aliphatic heterocycles. The van der Waals surface area contributed by atoms with E-state index in [1.54, 1.807) is 48.5 Å². The van der Waals surface area contributed by atoms with Crippen LogP contribution in [0.4, 0.5) is 18.9 Å². The standard InChI is InChI=1S/C22H15ClF3NO4.Na.H/c23-17-7-1-14(2-8-17)13-27(20(28)21(29)30)18-9-3-15(4-10-18)16-5-11-19(12-6-16)31-22(24,25)26;;/h1-12H,13H2,(H,29,30);;. The van der Waals surface area contributed by atoms with Gasteiger partial charge in [-0.1, -0.05) is 48.0 Å². The fourth-order valence-corrected chi connectivity index (χ4v) is 2.98. The van der Waals surface area contributed by atoms with Crippen LogP contribution in [0.5, 0.6) is 5.75 Å². The predicted molar refractivity (Wildman–Crippen MR) is 116 cm³/mol. The molecule has 0 saturated heterocycles. The second-order valence-corrected chi connectivity index (χ2v) is 6.88. The van der Waals surface area contributed by atoms with Crippen LogP contribution in [0.3, 0.4) is 0 Å². The summed E-state index contributed by atoms with van der Waals surface area (Å²) in [6.07, 6.45) is -4.77. The van der Waals surface area contributed by atoms with Crippen LogP contribution in [0.1, 0.15) is 5.56 Å². The molecule has 0 bridgehead atoms. The molecule has 0 aliphatic carbocycles. The molecule has 162 valence electrons. The SMILES string of the molecule is O=C(O)C(=O)N(Cc1ccc(Cl)cc1)c1ccc(-c2ccc(OC(F)(F)F)cc2)cc1.[NaH]. The molecule has 0 aliphatic rings. The second kappa shape index (κ2) is 10.9.